The molecule has 1 aromatic carbocycles. The van der Waals surface area contributed by atoms with Crippen LogP contribution in [0.15, 0.2) is 24.3 Å². The predicted octanol–water partition coefficient (Wildman–Crippen LogP) is 2.46. The summed E-state index contributed by atoms with van der Waals surface area (Å²) in [4.78, 5) is 14.6. The third-order valence-corrected chi connectivity index (χ3v) is 3.78. The van der Waals surface area contributed by atoms with E-state index in [0.29, 0.717) is 24.5 Å². The molecule has 1 amide bonds. The minimum atomic E-state index is -0.0324. The van der Waals surface area contributed by atoms with E-state index in [9.17, 15) is 9.90 Å². The first-order valence-corrected chi connectivity index (χ1v) is 7.41. The van der Waals surface area contributed by atoms with E-state index in [4.69, 9.17) is 4.74 Å². The molecule has 1 N–H and O–H groups in total. The minimum absolute atomic E-state index is 0.000951. The van der Waals surface area contributed by atoms with E-state index in [0.717, 1.165) is 25.7 Å². The first-order valence-electron chi connectivity index (χ1n) is 7.41. The zero-order valence-corrected chi connectivity index (χ0v) is 12.0. The Morgan fingerprint density at radius 2 is 2.05 bits per heavy atom. The normalized spacial score (nSPS) is 15.3. The average molecular weight is 277 g/mol. The van der Waals surface area contributed by atoms with Gasteiger partial charge in [-0.1, -0.05) is 25.0 Å². The predicted molar refractivity (Wildman–Crippen MR) is 78.0 cm³/mol. The van der Waals surface area contributed by atoms with E-state index in [1.807, 2.05) is 30.0 Å². The largest absolute Gasteiger partial charge is 0.493 e. The molecule has 0 spiro atoms. The Labute approximate surface area is 120 Å². The zero-order valence-electron chi connectivity index (χ0n) is 12.0. The summed E-state index contributed by atoms with van der Waals surface area (Å²) in [6, 6.07) is 7.59. The van der Waals surface area contributed by atoms with Crippen LogP contribution < -0.4 is 4.74 Å². The van der Waals surface area contributed by atoms with Crippen LogP contribution in [0.1, 0.15) is 43.0 Å². The smallest absolute Gasteiger partial charge is 0.257 e. The van der Waals surface area contributed by atoms with Gasteiger partial charge in [0.05, 0.1) is 18.8 Å². The van der Waals surface area contributed by atoms with Crippen molar-refractivity contribution >= 4 is 5.91 Å². The average Bonchev–Trinajstić information content (AvgIpc) is 2.99. The number of aliphatic hydroxyl groups is 1. The molecule has 1 aliphatic carbocycles. The van der Waals surface area contributed by atoms with Gasteiger partial charge < -0.3 is 14.7 Å². The molecule has 1 saturated carbocycles. The lowest BCUT2D eigenvalue weighted by molar-refractivity contribution is 0.0634. The van der Waals surface area contributed by atoms with Crippen LogP contribution in [0.4, 0.5) is 0 Å². The molecule has 0 unspecified atom stereocenters. The standard InChI is InChI=1S/C16H23NO3/c1-2-20-15-10-6-5-9-14(15)16(19)17(11-12-18)13-7-3-4-8-13/h5-6,9-10,13,18H,2-4,7-8,11-12H2,1H3. The molecule has 0 bridgehead atoms. The van der Waals surface area contributed by atoms with Gasteiger partial charge >= 0.3 is 0 Å². The van der Waals surface area contributed by atoms with Crippen molar-refractivity contribution in [3.63, 3.8) is 0 Å². The maximum absolute atomic E-state index is 12.8. The fourth-order valence-electron chi connectivity index (χ4n) is 2.85. The molecule has 110 valence electrons. The number of amides is 1. The Morgan fingerprint density at radius 3 is 2.70 bits per heavy atom. The molecule has 0 aromatic heterocycles. The van der Waals surface area contributed by atoms with E-state index >= 15 is 0 Å². The molecule has 1 aliphatic rings. The van der Waals surface area contributed by atoms with Crippen molar-refractivity contribution < 1.29 is 14.6 Å². The second-order valence-electron chi connectivity index (χ2n) is 5.09. The molecule has 0 aliphatic heterocycles. The summed E-state index contributed by atoms with van der Waals surface area (Å²) >= 11 is 0. The van der Waals surface area contributed by atoms with E-state index < -0.39 is 0 Å². The highest BCUT2D eigenvalue weighted by atomic mass is 16.5. The van der Waals surface area contributed by atoms with Gasteiger partial charge in [0.25, 0.3) is 5.91 Å². The molecular weight excluding hydrogens is 254 g/mol. The highest BCUT2D eigenvalue weighted by Crippen LogP contribution is 2.27. The number of aliphatic hydroxyl groups excluding tert-OH is 1. The Hall–Kier alpha value is -1.55. The van der Waals surface area contributed by atoms with Crippen molar-refractivity contribution in [2.24, 2.45) is 0 Å². The summed E-state index contributed by atoms with van der Waals surface area (Å²) in [5, 5.41) is 9.24. The van der Waals surface area contributed by atoms with Gasteiger partial charge in [0, 0.05) is 12.6 Å². The molecule has 2 rings (SSSR count). The SMILES string of the molecule is CCOc1ccccc1C(=O)N(CCO)C1CCCC1. The molecular formula is C16H23NO3. The number of carbonyl (C=O) groups excluding carboxylic acids is 1. The van der Waals surface area contributed by atoms with Crippen LogP contribution in [0, 0.1) is 0 Å². The number of benzene rings is 1. The lowest BCUT2D eigenvalue weighted by atomic mass is 10.1. The number of hydrogen-bond donors (Lipinski definition) is 1. The third kappa shape index (κ3) is 3.31. The fraction of sp³-hybridized carbons (Fsp3) is 0.562. The number of ether oxygens (including phenoxy) is 1. The Kier molecular flexibility index (Phi) is 5.41. The molecule has 0 heterocycles. The maximum Gasteiger partial charge on any atom is 0.257 e. The van der Waals surface area contributed by atoms with Crippen molar-refractivity contribution in [1.82, 2.24) is 4.90 Å². The third-order valence-electron chi connectivity index (χ3n) is 3.78. The number of para-hydroxylation sites is 1. The Morgan fingerprint density at radius 1 is 1.35 bits per heavy atom. The summed E-state index contributed by atoms with van der Waals surface area (Å²) in [5.41, 5.74) is 0.592. The second-order valence-corrected chi connectivity index (χ2v) is 5.09. The molecule has 0 radical (unpaired) electrons. The first-order chi connectivity index (χ1) is 9.77. The van der Waals surface area contributed by atoms with Crippen molar-refractivity contribution in [3.05, 3.63) is 29.8 Å². The van der Waals surface area contributed by atoms with Gasteiger partial charge in [0.2, 0.25) is 0 Å². The number of rotatable bonds is 6. The summed E-state index contributed by atoms with van der Waals surface area (Å²) in [6.45, 7) is 2.83. The summed E-state index contributed by atoms with van der Waals surface area (Å²) in [7, 11) is 0. The molecule has 1 aromatic rings. The monoisotopic (exact) mass is 277 g/mol. The van der Waals surface area contributed by atoms with Gasteiger partial charge in [-0.25, -0.2) is 0 Å². The van der Waals surface area contributed by atoms with Crippen LogP contribution in [-0.2, 0) is 0 Å². The highest BCUT2D eigenvalue weighted by molar-refractivity contribution is 5.97. The lowest BCUT2D eigenvalue weighted by Crippen LogP contribution is -2.40. The molecule has 0 atom stereocenters. The quantitative estimate of drug-likeness (QED) is 0.869. The van der Waals surface area contributed by atoms with Gasteiger partial charge in [0.1, 0.15) is 5.75 Å². The number of nitrogens with zero attached hydrogens (tertiary/aromatic N) is 1. The number of hydrogen-bond acceptors (Lipinski definition) is 3. The van der Waals surface area contributed by atoms with Gasteiger partial charge in [0.15, 0.2) is 0 Å². The van der Waals surface area contributed by atoms with Crippen molar-refractivity contribution in [2.45, 2.75) is 38.6 Å². The molecule has 4 nitrogen and oxygen atoms in total. The van der Waals surface area contributed by atoms with E-state index in [1.54, 1.807) is 6.07 Å². The fourth-order valence-corrected chi connectivity index (χ4v) is 2.85. The van der Waals surface area contributed by atoms with Gasteiger partial charge in [-0.3, -0.25) is 4.79 Å². The van der Waals surface area contributed by atoms with E-state index in [2.05, 4.69) is 0 Å². The Bertz CT molecular complexity index is 441. The second kappa shape index (κ2) is 7.29. The zero-order chi connectivity index (χ0) is 14.4. The van der Waals surface area contributed by atoms with Crippen LogP contribution in [0.2, 0.25) is 0 Å². The molecule has 0 saturated heterocycles. The van der Waals surface area contributed by atoms with Gasteiger partial charge in [-0.15, -0.1) is 0 Å². The van der Waals surface area contributed by atoms with Crippen LogP contribution in [0.25, 0.3) is 0 Å². The van der Waals surface area contributed by atoms with E-state index in [1.165, 1.54) is 0 Å². The number of carbonyl (C=O) groups is 1. The molecule has 20 heavy (non-hydrogen) atoms. The minimum Gasteiger partial charge on any atom is -0.493 e. The summed E-state index contributed by atoms with van der Waals surface area (Å²) < 4.78 is 5.54. The van der Waals surface area contributed by atoms with Crippen LogP contribution in [0.3, 0.4) is 0 Å². The van der Waals surface area contributed by atoms with Crippen LogP contribution in [-0.4, -0.2) is 41.7 Å². The maximum atomic E-state index is 12.8. The van der Waals surface area contributed by atoms with Crippen molar-refractivity contribution in [2.75, 3.05) is 19.8 Å². The highest BCUT2D eigenvalue weighted by Gasteiger charge is 2.28. The summed E-state index contributed by atoms with van der Waals surface area (Å²) in [5.74, 6) is 0.593. The summed E-state index contributed by atoms with van der Waals surface area (Å²) in [6.07, 6.45) is 4.38. The molecule has 1 fully saturated rings. The van der Waals surface area contributed by atoms with Crippen molar-refractivity contribution in [1.29, 1.82) is 0 Å². The Balaban J connectivity index is 2.22. The van der Waals surface area contributed by atoms with Gasteiger partial charge in [-0.2, -0.15) is 0 Å². The molecule has 4 heteroatoms. The van der Waals surface area contributed by atoms with Crippen LogP contribution in [0.5, 0.6) is 5.75 Å². The van der Waals surface area contributed by atoms with Gasteiger partial charge in [-0.05, 0) is 31.9 Å². The van der Waals surface area contributed by atoms with Crippen molar-refractivity contribution in [3.8, 4) is 5.75 Å². The lowest BCUT2D eigenvalue weighted by Gasteiger charge is -2.29. The van der Waals surface area contributed by atoms with Crippen LogP contribution >= 0.6 is 0 Å². The first kappa shape index (κ1) is 14.9. The topological polar surface area (TPSA) is 49.8 Å². The van der Waals surface area contributed by atoms with E-state index in [-0.39, 0.29) is 18.6 Å².